The fourth-order valence-electron chi connectivity index (χ4n) is 3.58. The van der Waals surface area contributed by atoms with E-state index in [9.17, 15) is 9.59 Å². The van der Waals surface area contributed by atoms with Gasteiger partial charge in [0, 0.05) is 46.3 Å². The molecule has 2 saturated heterocycles. The van der Waals surface area contributed by atoms with Gasteiger partial charge in [0.15, 0.2) is 0 Å². The van der Waals surface area contributed by atoms with Crippen LogP contribution in [0.5, 0.6) is 0 Å². The third kappa shape index (κ3) is 5.32. The number of nitrogens with zero attached hydrogens (tertiary/aromatic N) is 4. The van der Waals surface area contributed by atoms with E-state index in [1.54, 1.807) is 18.2 Å². The van der Waals surface area contributed by atoms with Crippen LogP contribution in [0.4, 0.5) is 0 Å². The Balaban J connectivity index is 1.36. The lowest BCUT2D eigenvalue weighted by atomic mass is 10.1. The average Bonchev–Trinajstić information content (AvgIpc) is 3.17. The number of likely N-dealkylation sites (tertiary alicyclic amines) is 1. The van der Waals surface area contributed by atoms with Crippen molar-refractivity contribution in [1.29, 1.82) is 0 Å². The second kappa shape index (κ2) is 9.19. The number of amides is 2. The third-order valence-electron chi connectivity index (χ3n) is 5.29. The fourth-order valence-corrected chi connectivity index (χ4v) is 3.58. The highest BCUT2D eigenvalue weighted by Gasteiger charge is 2.24. The number of carbonyl (C=O) groups is 2. The Morgan fingerprint density at radius 3 is 2.27 bits per heavy atom. The van der Waals surface area contributed by atoms with Gasteiger partial charge in [-0.25, -0.2) is 0 Å². The second-order valence-corrected chi connectivity index (χ2v) is 7.32. The van der Waals surface area contributed by atoms with Crippen LogP contribution in [-0.4, -0.2) is 90.8 Å². The first-order chi connectivity index (χ1) is 12.6. The van der Waals surface area contributed by atoms with Crippen molar-refractivity contribution in [3.05, 3.63) is 24.2 Å². The number of furan rings is 1. The molecule has 26 heavy (non-hydrogen) atoms. The van der Waals surface area contributed by atoms with E-state index in [0.29, 0.717) is 19.6 Å². The Morgan fingerprint density at radius 1 is 1.00 bits per heavy atom. The molecule has 2 aliphatic heterocycles. The smallest absolute Gasteiger partial charge is 0.236 e. The average molecular weight is 362 g/mol. The van der Waals surface area contributed by atoms with Gasteiger partial charge in [0.1, 0.15) is 5.76 Å². The van der Waals surface area contributed by atoms with E-state index in [2.05, 4.69) is 9.80 Å². The summed E-state index contributed by atoms with van der Waals surface area (Å²) >= 11 is 0. The molecule has 0 atom stereocenters. The summed E-state index contributed by atoms with van der Waals surface area (Å²) in [5.41, 5.74) is 0. The normalized spacial score (nSPS) is 19.5. The van der Waals surface area contributed by atoms with Crippen LogP contribution in [0.3, 0.4) is 0 Å². The summed E-state index contributed by atoms with van der Waals surface area (Å²) in [6, 6.07) is 3.71. The minimum Gasteiger partial charge on any atom is -0.467 e. The zero-order valence-corrected chi connectivity index (χ0v) is 15.7. The van der Waals surface area contributed by atoms with E-state index >= 15 is 0 Å². The van der Waals surface area contributed by atoms with E-state index in [4.69, 9.17) is 4.42 Å². The van der Waals surface area contributed by atoms with Crippen LogP contribution >= 0.6 is 0 Å². The molecule has 2 fully saturated rings. The maximum atomic E-state index is 12.4. The van der Waals surface area contributed by atoms with Gasteiger partial charge in [0.2, 0.25) is 11.8 Å². The zero-order valence-electron chi connectivity index (χ0n) is 15.7. The summed E-state index contributed by atoms with van der Waals surface area (Å²) in [6.07, 6.45) is 5.13. The Morgan fingerprint density at radius 2 is 1.65 bits per heavy atom. The number of hydrogen-bond donors (Lipinski definition) is 0. The van der Waals surface area contributed by atoms with Crippen LogP contribution in [-0.2, 0) is 16.1 Å². The SMILES string of the molecule is CN(Cc1ccco1)C(=O)CN1CCN(CC(=O)N2CCCCC2)CC1. The Labute approximate surface area is 155 Å². The number of likely N-dealkylation sites (N-methyl/N-ethyl adjacent to an activating group) is 1. The van der Waals surface area contributed by atoms with Gasteiger partial charge in [-0.1, -0.05) is 0 Å². The van der Waals surface area contributed by atoms with Crippen molar-refractivity contribution in [1.82, 2.24) is 19.6 Å². The number of hydrogen-bond acceptors (Lipinski definition) is 5. The Bertz CT molecular complexity index is 576. The van der Waals surface area contributed by atoms with Crippen LogP contribution in [0, 0.1) is 0 Å². The standard InChI is InChI=1S/C19H30N4O3/c1-20(14-17-6-5-13-26-17)18(24)15-21-9-11-22(12-10-21)16-19(25)23-7-3-2-4-8-23/h5-6,13H,2-4,7-12,14-16H2,1H3. The number of rotatable bonds is 6. The number of carbonyl (C=O) groups excluding carboxylic acids is 2. The molecule has 2 amide bonds. The third-order valence-corrected chi connectivity index (χ3v) is 5.29. The molecule has 2 aliphatic rings. The van der Waals surface area contributed by atoms with Gasteiger partial charge < -0.3 is 14.2 Å². The molecule has 1 aromatic heterocycles. The fraction of sp³-hybridized carbons (Fsp3) is 0.684. The lowest BCUT2D eigenvalue weighted by Crippen LogP contribution is -2.52. The van der Waals surface area contributed by atoms with Gasteiger partial charge in [-0.05, 0) is 31.4 Å². The highest BCUT2D eigenvalue weighted by molar-refractivity contribution is 5.78. The van der Waals surface area contributed by atoms with Crippen LogP contribution in [0.1, 0.15) is 25.0 Å². The molecule has 0 radical (unpaired) electrons. The predicted molar refractivity (Wildman–Crippen MR) is 98.5 cm³/mol. The van der Waals surface area contributed by atoms with Gasteiger partial charge in [0.05, 0.1) is 25.9 Å². The molecule has 7 nitrogen and oxygen atoms in total. The maximum Gasteiger partial charge on any atom is 0.236 e. The van der Waals surface area contributed by atoms with Crippen molar-refractivity contribution in [3.8, 4) is 0 Å². The quantitative estimate of drug-likeness (QED) is 0.751. The van der Waals surface area contributed by atoms with Crippen LogP contribution in [0.2, 0.25) is 0 Å². The molecule has 0 bridgehead atoms. The van der Waals surface area contributed by atoms with Crippen molar-refractivity contribution < 1.29 is 14.0 Å². The first kappa shape index (κ1) is 18.9. The first-order valence-corrected chi connectivity index (χ1v) is 9.60. The van der Waals surface area contributed by atoms with Gasteiger partial charge in [-0.2, -0.15) is 0 Å². The summed E-state index contributed by atoms with van der Waals surface area (Å²) < 4.78 is 5.30. The molecule has 1 aromatic rings. The van der Waals surface area contributed by atoms with Crippen LogP contribution < -0.4 is 0 Å². The van der Waals surface area contributed by atoms with Crippen molar-refractivity contribution in [2.45, 2.75) is 25.8 Å². The minimum atomic E-state index is 0.0965. The van der Waals surface area contributed by atoms with Crippen molar-refractivity contribution in [3.63, 3.8) is 0 Å². The monoisotopic (exact) mass is 362 g/mol. The molecule has 0 unspecified atom stereocenters. The van der Waals surface area contributed by atoms with E-state index in [-0.39, 0.29) is 11.8 Å². The van der Waals surface area contributed by atoms with Gasteiger partial charge in [-0.15, -0.1) is 0 Å². The molecular formula is C19H30N4O3. The summed E-state index contributed by atoms with van der Waals surface area (Å²) in [4.78, 5) is 32.8. The summed E-state index contributed by atoms with van der Waals surface area (Å²) in [5, 5.41) is 0. The van der Waals surface area contributed by atoms with Crippen LogP contribution in [0.15, 0.2) is 22.8 Å². The highest BCUT2D eigenvalue weighted by atomic mass is 16.3. The lowest BCUT2D eigenvalue weighted by molar-refractivity contribution is -0.135. The van der Waals surface area contributed by atoms with Crippen molar-refractivity contribution in [2.24, 2.45) is 0 Å². The molecule has 3 rings (SSSR count). The van der Waals surface area contributed by atoms with Gasteiger partial charge in [0.25, 0.3) is 0 Å². The molecule has 0 N–H and O–H groups in total. The summed E-state index contributed by atoms with van der Waals surface area (Å²) in [5.74, 6) is 1.15. The van der Waals surface area contributed by atoms with Gasteiger partial charge >= 0.3 is 0 Å². The Kier molecular flexibility index (Phi) is 6.68. The molecule has 0 spiro atoms. The van der Waals surface area contributed by atoms with Crippen molar-refractivity contribution in [2.75, 3.05) is 59.4 Å². The predicted octanol–water partition coefficient (Wildman–Crippen LogP) is 0.868. The minimum absolute atomic E-state index is 0.0965. The molecule has 3 heterocycles. The molecule has 0 aliphatic carbocycles. The van der Waals surface area contributed by atoms with Crippen LogP contribution in [0.25, 0.3) is 0 Å². The number of piperidine rings is 1. The van der Waals surface area contributed by atoms with Crippen molar-refractivity contribution >= 4 is 11.8 Å². The second-order valence-electron chi connectivity index (χ2n) is 7.32. The number of piperazine rings is 1. The maximum absolute atomic E-state index is 12.4. The zero-order chi connectivity index (χ0) is 18.4. The van der Waals surface area contributed by atoms with E-state index in [1.807, 2.05) is 17.0 Å². The summed E-state index contributed by atoms with van der Waals surface area (Å²) in [6.45, 7) is 6.59. The summed E-state index contributed by atoms with van der Waals surface area (Å²) in [7, 11) is 1.80. The lowest BCUT2D eigenvalue weighted by Gasteiger charge is -2.36. The van der Waals surface area contributed by atoms with E-state index in [1.165, 1.54) is 6.42 Å². The highest BCUT2D eigenvalue weighted by Crippen LogP contribution is 2.10. The van der Waals surface area contributed by atoms with E-state index in [0.717, 1.165) is 57.9 Å². The molecular weight excluding hydrogens is 332 g/mol. The van der Waals surface area contributed by atoms with E-state index < -0.39 is 0 Å². The molecule has 7 heteroatoms. The molecule has 144 valence electrons. The Hall–Kier alpha value is -1.86. The largest absolute Gasteiger partial charge is 0.467 e. The topological polar surface area (TPSA) is 60.2 Å². The molecule has 0 saturated carbocycles. The first-order valence-electron chi connectivity index (χ1n) is 9.60. The molecule has 0 aromatic carbocycles. The van der Waals surface area contributed by atoms with Gasteiger partial charge in [-0.3, -0.25) is 19.4 Å².